The Balaban J connectivity index is 3.33. The number of alkyl halides is 3. The van der Waals surface area contributed by atoms with Gasteiger partial charge in [0.05, 0.1) is 11.3 Å². The first kappa shape index (κ1) is 11.1. The van der Waals surface area contributed by atoms with E-state index in [0.717, 1.165) is 0 Å². The van der Waals surface area contributed by atoms with Crippen LogP contribution in [0.3, 0.4) is 0 Å². The number of hydrogen-bond acceptors (Lipinski definition) is 2. The molecule has 0 radical (unpaired) electrons. The smallest absolute Gasteiger partial charge is 0.250 e. The molecule has 0 bridgehead atoms. The third-order valence-corrected chi connectivity index (χ3v) is 2.30. The van der Waals surface area contributed by atoms with E-state index in [1.54, 1.807) is 6.92 Å². The highest BCUT2D eigenvalue weighted by molar-refractivity contribution is 9.08. The van der Waals surface area contributed by atoms with Gasteiger partial charge in [0, 0.05) is 5.33 Å². The van der Waals surface area contributed by atoms with E-state index < -0.39 is 6.43 Å². The van der Waals surface area contributed by atoms with E-state index in [2.05, 4.69) is 20.9 Å². The molecule has 0 unspecified atom stereocenters. The molecule has 0 aliphatic rings. The number of nitrogens with zero attached hydrogens (tertiary/aromatic N) is 2. The minimum absolute atomic E-state index is 0.282. The van der Waals surface area contributed by atoms with Crippen LogP contribution in [0.15, 0.2) is 6.07 Å². The predicted octanol–water partition coefficient (Wildman–Crippen LogP) is 3.09. The molecule has 14 heavy (non-hydrogen) atoms. The van der Waals surface area contributed by atoms with E-state index in [0.29, 0.717) is 22.2 Å². The molecule has 0 saturated heterocycles. The van der Waals surface area contributed by atoms with Crippen LogP contribution in [0.4, 0.5) is 8.78 Å². The minimum Gasteiger partial charge on any atom is -0.250 e. The van der Waals surface area contributed by atoms with Crippen molar-refractivity contribution in [1.29, 1.82) is 5.26 Å². The fourth-order valence-corrected chi connectivity index (χ4v) is 1.53. The van der Waals surface area contributed by atoms with E-state index in [9.17, 15) is 8.78 Å². The Morgan fingerprint density at radius 2 is 2.29 bits per heavy atom. The monoisotopic (exact) mass is 260 g/mol. The largest absolute Gasteiger partial charge is 0.280 e. The van der Waals surface area contributed by atoms with Crippen molar-refractivity contribution in [2.45, 2.75) is 18.7 Å². The Kier molecular flexibility index (Phi) is 3.53. The highest BCUT2D eigenvalue weighted by atomic mass is 79.9. The first-order chi connectivity index (χ1) is 6.60. The fourth-order valence-electron chi connectivity index (χ4n) is 1.13. The quantitative estimate of drug-likeness (QED) is 0.767. The molecule has 0 amide bonds. The van der Waals surface area contributed by atoms with E-state index in [-0.39, 0.29) is 5.69 Å². The van der Waals surface area contributed by atoms with Crippen molar-refractivity contribution in [3.05, 3.63) is 28.6 Å². The van der Waals surface area contributed by atoms with Crippen LogP contribution in [0.25, 0.3) is 0 Å². The Morgan fingerprint density at radius 1 is 1.64 bits per heavy atom. The molecule has 0 N–H and O–H groups in total. The summed E-state index contributed by atoms with van der Waals surface area (Å²) in [7, 11) is 0. The molecular weight excluding hydrogens is 254 g/mol. The van der Waals surface area contributed by atoms with Crippen LogP contribution in [0, 0.1) is 18.3 Å². The van der Waals surface area contributed by atoms with Gasteiger partial charge >= 0.3 is 0 Å². The van der Waals surface area contributed by atoms with Gasteiger partial charge in [0.2, 0.25) is 0 Å². The van der Waals surface area contributed by atoms with Gasteiger partial charge in [0.25, 0.3) is 6.43 Å². The lowest BCUT2D eigenvalue weighted by Crippen LogP contribution is -2.00. The van der Waals surface area contributed by atoms with E-state index in [4.69, 9.17) is 5.26 Å². The van der Waals surface area contributed by atoms with Crippen LogP contribution < -0.4 is 0 Å². The second kappa shape index (κ2) is 4.47. The van der Waals surface area contributed by atoms with Crippen molar-refractivity contribution >= 4 is 15.9 Å². The van der Waals surface area contributed by atoms with Crippen molar-refractivity contribution in [2.75, 3.05) is 0 Å². The maximum atomic E-state index is 12.3. The van der Waals surface area contributed by atoms with E-state index in [1.807, 2.05) is 6.07 Å². The Hall–Kier alpha value is -1.02. The Bertz CT molecular complexity index is 385. The van der Waals surface area contributed by atoms with Crippen LogP contribution in [-0.2, 0) is 5.33 Å². The molecule has 2 nitrogen and oxygen atoms in total. The Labute approximate surface area is 88.7 Å². The van der Waals surface area contributed by atoms with Crippen LogP contribution in [-0.4, -0.2) is 4.98 Å². The highest BCUT2D eigenvalue weighted by Gasteiger charge is 2.14. The summed E-state index contributed by atoms with van der Waals surface area (Å²) in [6, 6.07) is 3.19. The highest BCUT2D eigenvalue weighted by Crippen LogP contribution is 2.22. The second-order valence-electron chi connectivity index (χ2n) is 2.73. The van der Waals surface area contributed by atoms with Crippen molar-refractivity contribution < 1.29 is 8.78 Å². The molecule has 74 valence electrons. The number of aryl methyl sites for hydroxylation is 1. The molecule has 0 spiro atoms. The molecule has 0 aliphatic carbocycles. The SMILES string of the molecule is Cc1cc(C(F)F)nc(CBr)c1C#N. The lowest BCUT2D eigenvalue weighted by Gasteiger charge is -2.06. The zero-order valence-electron chi connectivity index (χ0n) is 7.39. The summed E-state index contributed by atoms with van der Waals surface area (Å²) < 4.78 is 24.7. The van der Waals surface area contributed by atoms with Gasteiger partial charge in [-0.1, -0.05) is 15.9 Å². The molecule has 0 aliphatic heterocycles. The second-order valence-corrected chi connectivity index (χ2v) is 3.29. The number of pyridine rings is 1. The summed E-state index contributed by atoms with van der Waals surface area (Å²) >= 11 is 3.11. The molecule has 1 aromatic heterocycles. The lowest BCUT2D eigenvalue weighted by atomic mass is 10.1. The summed E-state index contributed by atoms with van der Waals surface area (Å²) in [6.45, 7) is 1.62. The summed E-state index contributed by atoms with van der Waals surface area (Å²) in [5, 5.41) is 9.06. The van der Waals surface area contributed by atoms with E-state index in [1.165, 1.54) is 6.07 Å². The van der Waals surface area contributed by atoms with Gasteiger partial charge in [-0.3, -0.25) is 0 Å². The standard InChI is InChI=1S/C9H7BrF2N2/c1-5-2-7(9(11)12)14-8(3-10)6(5)4-13/h2,9H,3H2,1H3. The third kappa shape index (κ3) is 2.07. The molecule has 5 heteroatoms. The maximum Gasteiger partial charge on any atom is 0.280 e. The summed E-state index contributed by atoms with van der Waals surface area (Å²) in [5.41, 5.74) is 0.984. The average molecular weight is 261 g/mol. The van der Waals surface area contributed by atoms with Gasteiger partial charge in [-0.15, -0.1) is 0 Å². The normalized spacial score (nSPS) is 10.3. The van der Waals surface area contributed by atoms with Gasteiger partial charge in [-0.25, -0.2) is 13.8 Å². The fraction of sp³-hybridized carbons (Fsp3) is 0.333. The maximum absolute atomic E-state index is 12.3. The van der Waals surface area contributed by atoms with E-state index >= 15 is 0 Å². The zero-order chi connectivity index (χ0) is 10.7. The van der Waals surface area contributed by atoms with Crippen molar-refractivity contribution in [1.82, 2.24) is 4.98 Å². The molecule has 1 heterocycles. The number of halogens is 3. The van der Waals surface area contributed by atoms with Crippen LogP contribution in [0.1, 0.15) is 28.9 Å². The molecule has 0 aromatic carbocycles. The van der Waals surface area contributed by atoms with Crippen molar-refractivity contribution in [3.8, 4) is 6.07 Å². The zero-order valence-corrected chi connectivity index (χ0v) is 8.98. The van der Waals surface area contributed by atoms with Gasteiger partial charge in [0.1, 0.15) is 11.8 Å². The molecule has 0 atom stereocenters. The Morgan fingerprint density at radius 3 is 2.71 bits per heavy atom. The molecule has 0 saturated carbocycles. The predicted molar refractivity (Wildman–Crippen MR) is 51.3 cm³/mol. The molecule has 1 aromatic rings. The van der Waals surface area contributed by atoms with Crippen molar-refractivity contribution in [2.24, 2.45) is 0 Å². The van der Waals surface area contributed by atoms with Gasteiger partial charge in [0.15, 0.2) is 0 Å². The van der Waals surface area contributed by atoms with Gasteiger partial charge < -0.3 is 0 Å². The first-order valence-electron chi connectivity index (χ1n) is 3.84. The third-order valence-electron chi connectivity index (χ3n) is 1.77. The van der Waals surface area contributed by atoms with Gasteiger partial charge in [-0.2, -0.15) is 5.26 Å². The number of hydrogen-bond donors (Lipinski definition) is 0. The number of rotatable bonds is 2. The van der Waals surface area contributed by atoms with Crippen LogP contribution in [0.2, 0.25) is 0 Å². The number of aromatic nitrogens is 1. The van der Waals surface area contributed by atoms with Crippen LogP contribution >= 0.6 is 15.9 Å². The first-order valence-corrected chi connectivity index (χ1v) is 4.97. The summed E-state index contributed by atoms with van der Waals surface area (Å²) in [4.78, 5) is 3.70. The summed E-state index contributed by atoms with van der Waals surface area (Å²) in [5.74, 6) is 0. The molecule has 0 fully saturated rings. The molecule has 1 rings (SSSR count). The molecular formula is C9H7BrF2N2. The minimum atomic E-state index is -2.60. The topological polar surface area (TPSA) is 36.7 Å². The average Bonchev–Trinajstić information content (AvgIpc) is 2.16. The van der Waals surface area contributed by atoms with Gasteiger partial charge in [-0.05, 0) is 18.6 Å². The lowest BCUT2D eigenvalue weighted by molar-refractivity contribution is 0.146. The van der Waals surface area contributed by atoms with Crippen molar-refractivity contribution in [3.63, 3.8) is 0 Å². The summed E-state index contributed by atoms with van der Waals surface area (Å²) in [6.07, 6.45) is -2.60. The van der Waals surface area contributed by atoms with Crippen LogP contribution in [0.5, 0.6) is 0 Å². The number of nitriles is 1.